The van der Waals surface area contributed by atoms with Crippen LogP contribution in [0.2, 0.25) is 10.3 Å². The monoisotopic (exact) mass is 682 g/mol. The molecular formula is C36H29Cl3N6O2. The fourth-order valence-electron chi connectivity index (χ4n) is 5.79. The summed E-state index contributed by atoms with van der Waals surface area (Å²) in [5.74, 6) is 14.3. The van der Waals surface area contributed by atoms with E-state index in [1.165, 1.54) is 30.9 Å². The van der Waals surface area contributed by atoms with Crippen molar-refractivity contribution in [1.82, 2.24) is 30.2 Å². The Balaban J connectivity index is 0.000000137. The Morgan fingerprint density at radius 2 is 1.36 bits per heavy atom. The lowest BCUT2D eigenvalue weighted by atomic mass is 10.1. The zero-order valence-corrected chi connectivity index (χ0v) is 27.4. The van der Waals surface area contributed by atoms with Crippen LogP contribution in [0.15, 0.2) is 85.5 Å². The summed E-state index contributed by atoms with van der Waals surface area (Å²) in [5, 5.41) is 3.59. The maximum Gasteiger partial charge on any atom is 0.255 e. The number of hydrogen-bond acceptors (Lipinski definition) is 7. The molecule has 2 saturated carbocycles. The number of likely N-dealkylation sites (tertiary alicyclic amines) is 1. The van der Waals surface area contributed by atoms with Crippen LogP contribution in [0.1, 0.15) is 44.9 Å². The second-order valence-electron chi connectivity index (χ2n) is 11.9. The van der Waals surface area contributed by atoms with Gasteiger partial charge >= 0.3 is 0 Å². The molecule has 8 rings (SSSR count). The Morgan fingerprint density at radius 3 is 1.85 bits per heavy atom. The van der Waals surface area contributed by atoms with E-state index < -0.39 is 5.24 Å². The van der Waals surface area contributed by atoms with Crippen molar-refractivity contribution < 1.29 is 9.59 Å². The van der Waals surface area contributed by atoms with E-state index in [1.54, 1.807) is 24.5 Å². The molecule has 0 bridgehead atoms. The predicted molar refractivity (Wildman–Crippen MR) is 181 cm³/mol. The third-order valence-corrected chi connectivity index (χ3v) is 9.30. The summed E-state index contributed by atoms with van der Waals surface area (Å²) in [7, 11) is 0. The number of halogens is 3. The van der Waals surface area contributed by atoms with Crippen LogP contribution in [-0.2, 0) is 0 Å². The number of aromatic nitrogens is 4. The van der Waals surface area contributed by atoms with Crippen molar-refractivity contribution in [3.63, 3.8) is 0 Å². The summed E-state index contributed by atoms with van der Waals surface area (Å²) in [6, 6.07) is 17.9. The number of nitrogens with one attached hydrogen (secondary N) is 1. The topological polar surface area (TPSA) is 101 Å². The number of fused-ring (bicyclic) bond motifs is 2. The van der Waals surface area contributed by atoms with Gasteiger partial charge in [0.1, 0.15) is 21.7 Å². The van der Waals surface area contributed by atoms with E-state index in [0.717, 1.165) is 43.4 Å². The largest absolute Gasteiger partial charge is 0.337 e. The molecule has 4 fully saturated rings. The Labute approximate surface area is 288 Å². The molecule has 236 valence electrons. The van der Waals surface area contributed by atoms with Gasteiger partial charge in [-0.25, -0.2) is 19.9 Å². The van der Waals surface area contributed by atoms with E-state index in [0.29, 0.717) is 39.3 Å². The number of carbonyl (C=O) groups is 2. The van der Waals surface area contributed by atoms with Gasteiger partial charge in [0.2, 0.25) is 0 Å². The summed E-state index contributed by atoms with van der Waals surface area (Å²) in [6.45, 7) is 3.66. The van der Waals surface area contributed by atoms with Crippen LogP contribution >= 0.6 is 34.8 Å². The van der Waals surface area contributed by atoms with E-state index >= 15 is 0 Å². The van der Waals surface area contributed by atoms with Gasteiger partial charge in [-0.05, 0) is 103 Å². The van der Waals surface area contributed by atoms with Crippen LogP contribution in [0.25, 0.3) is 0 Å². The molecule has 2 aliphatic carbocycles. The molecule has 1 amide bonds. The van der Waals surface area contributed by atoms with E-state index in [1.807, 2.05) is 41.3 Å². The number of rotatable bonds is 2. The highest BCUT2D eigenvalue weighted by atomic mass is 35.5. The van der Waals surface area contributed by atoms with E-state index in [2.05, 4.69) is 48.9 Å². The summed E-state index contributed by atoms with van der Waals surface area (Å²) >= 11 is 16.4. The fourth-order valence-corrected chi connectivity index (χ4v) is 6.13. The molecule has 0 aromatic carbocycles. The molecule has 4 unspecified atom stereocenters. The molecule has 4 atom stereocenters. The number of hydrogen-bond donors (Lipinski definition) is 1. The molecule has 6 heterocycles. The third-order valence-electron chi connectivity index (χ3n) is 8.63. The normalized spacial score (nSPS) is 23.9. The molecular weight excluding hydrogens is 655 g/mol. The minimum atomic E-state index is -0.524. The molecule has 1 N–H and O–H groups in total. The van der Waals surface area contributed by atoms with Gasteiger partial charge in [0.05, 0.1) is 16.5 Å². The summed E-state index contributed by atoms with van der Waals surface area (Å²) in [6.07, 6.45) is 8.73. The van der Waals surface area contributed by atoms with Crippen LogP contribution in [0.5, 0.6) is 0 Å². The average Bonchev–Trinajstić information content (AvgIpc) is 3.88. The number of piperidine rings is 2. The first-order valence-electron chi connectivity index (χ1n) is 15.1. The van der Waals surface area contributed by atoms with Crippen molar-refractivity contribution in [3.05, 3.63) is 118 Å². The highest BCUT2D eigenvalue weighted by Crippen LogP contribution is 2.57. The van der Waals surface area contributed by atoms with Crippen molar-refractivity contribution >= 4 is 46.0 Å². The Kier molecular flexibility index (Phi) is 9.87. The van der Waals surface area contributed by atoms with Gasteiger partial charge in [0, 0.05) is 49.8 Å². The molecule has 2 saturated heterocycles. The molecule has 4 aliphatic rings. The van der Waals surface area contributed by atoms with Gasteiger partial charge in [-0.15, -0.1) is 0 Å². The predicted octanol–water partition coefficient (Wildman–Crippen LogP) is 5.80. The lowest BCUT2D eigenvalue weighted by molar-refractivity contribution is 0.0770. The van der Waals surface area contributed by atoms with Crippen molar-refractivity contribution in [2.45, 2.75) is 12.8 Å². The maximum atomic E-state index is 12.5. The number of amides is 1. The molecule has 4 aromatic rings. The summed E-state index contributed by atoms with van der Waals surface area (Å²) in [4.78, 5) is 40.9. The first kappa shape index (κ1) is 32.6. The van der Waals surface area contributed by atoms with Gasteiger partial charge in [0.15, 0.2) is 0 Å². The van der Waals surface area contributed by atoms with Gasteiger partial charge in [-0.2, -0.15) is 0 Å². The molecule has 2 aliphatic heterocycles. The van der Waals surface area contributed by atoms with Crippen LogP contribution < -0.4 is 5.32 Å². The molecule has 47 heavy (non-hydrogen) atoms. The number of carbonyl (C=O) groups excluding carboxylic acids is 2. The lowest BCUT2D eigenvalue weighted by Gasteiger charge is -2.19. The van der Waals surface area contributed by atoms with E-state index in [9.17, 15) is 9.59 Å². The second kappa shape index (κ2) is 14.2. The summed E-state index contributed by atoms with van der Waals surface area (Å²) in [5.41, 5.74) is 2.85. The lowest BCUT2D eigenvalue weighted by Crippen LogP contribution is -2.31. The summed E-state index contributed by atoms with van der Waals surface area (Å²) < 4.78 is 0. The first-order valence-corrected chi connectivity index (χ1v) is 16.2. The Morgan fingerprint density at radius 1 is 0.766 bits per heavy atom. The zero-order valence-electron chi connectivity index (χ0n) is 25.2. The van der Waals surface area contributed by atoms with Gasteiger partial charge in [-0.1, -0.05) is 47.2 Å². The van der Waals surface area contributed by atoms with Crippen molar-refractivity contribution in [2.24, 2.45) is 22.7 Å². The highest BCUT2D eigenvalue weighted by Gasteiger charge is 2.60. The van der Waals surface area contributed by atoms with Crippen LogP contribution in [0, 0.1) is 46.3 Å². The smallest absolute Gasteiger partial charge is 0.255 e. The minimum Gasteiger partial charge on any atom is -0.337 e. The van der Waals surface area contributed by atoms with Crippen molar-refractivity contribution in [1.29, 1.82) is 0 Å². The van der Waals surface area contributed by atoms with Crippen molar-refractivity contribution in [3.8, 4) is 23.7 Å². The molecule has 0 spiro atoms. The zero-order chi connectivity index (χ0) is 32.9. The van der Waals surface area contributed by atoms with E-state index in [-0.39, 0.29) is 11.3 Å². The fraction of sp³-hybridized carbons (Fsp3) is 0.278. The standard InChI is InChI=1S/C18H14ClN3O.C12H12N2.C6H3Cl2NO/c19-16-5-4-13(10-21-16)17(23)22-11-14-9-18(14,12-22)7-6-15-3-1-2-8-20-15;1-2-6-14-11(3-1)4-5-12-7-10(12)8-13-9-12;7-5-2-1-4(3-9-5)6(8)10/h1-5,8,10,14H,9,11-12H2;1-3,6,10,13H,7-9H2;1-3H. The molecule has 8 nitrogen and oxygen atoms in total. The number of nitrogens with zero attached hydrogens (tertiary/aromatic N) is 5. The second-order valence-corrected chi connectivity index (χ2v) is 13.0. The van der Waals surface area contributed by atoms with E-state index in [4.69, 9.17) is 34.8 Å². The third kappa shape index (κ3) is 8.16. The quantitative estimate of drug-likeness (QED) is 0.162. The van der Waals surface area contributed by atoms with Crippen molar-refractivity contribution in [2.75, 3.05) is 26.2 Å². The Bertz CT molecular complexity index is 1870. The molecule has 11 heteroatoms. The number of pyridine rings is 4. The first-order chi connectivity index (χ1) is 22.8. The van der Waals surface area contributed by atoms with Crippen LogP contribution in [0.3, 0.4) is 0 Å². The Hall–Kier alpha value is -4.31. The van der Waals surface area contributed by atoms with Gasteiger partial charge < -0.3 is 10.2 Å². The van der Waals surface area contributed by atoms with Gasteiger partial charge in [0.25, 0.3) is 11.1 Å². The maximum absolute atomic E-state index is 12.5. The molecule has 4 aromatic heterocycles. The van der Waals surface area contributed by atoms with Gasteiger partial charge in [-0.3, -0.25) is 9.59 Å². The average molecular weight is 684 g/mol. The highest BCUT2D eigenvalue weighted by molar-refractivity contribution is 6.67. The van der Waals surface area contributed by atoms with Crippen LogP contribution in [0.4, 0.5) is 0 Å². The van der Waals surface area contributed by atoms with Crippen LogP contribution in [-0.4, -0.2) is 62.2 Å². The minimum absolute atomic E-state index is 0.000350. The molecule has 0 radical (unpaired) electrons. The SMILES string of the molecule is C(#CC12CNCC1C2)c1ccccn1.O=C(Cl)c1ccc(Cl)nc1.O=C(c1ccc(Cl)nc1)N1CC2CC2(C#Cc2ccccn2)C1.